The summed E-state index contributed by atoms with van der Waals surface area (Å²) in [5.41, 5.74) is 3.04. The monoisotopic (exact) mass is 406 g/mol. The maximum Gasteiger partial charge on any atom is 0.264 e. The van der Waals surface area contributed by atoms with Crippen LogP contribution < -0.4 is 5.32 Å². The summed E-state index contributed by atoms with van der Waals surface area (Å²) in [5, 5.41) is 11.8. The van der Waals surface area contributed by atoms with Crippen LogP contribution in [-0.2, 0) is 21.6 Å². The predicted molar refractivity (Wildman–Crippen MR) is 106 cm³/mol. The average Bonchev–Trinajstić information content (AvgIpc) is 3.32. The first kappa shape index (κ1) is 18.5. The summed E-state index contributed by atoms with van der Waals surface area (Å²) in [6.45, 7) is 6.43. The number of thiophene rings is 1. The lowest BCUT2D eigenvalue weighted by molar-refractivity contribution is -0.132. The fourth-order valence-electron chi connectivity index (χ4n) is 3.68. The normalized spacial score (nSPS) is 22.1. The van der Waals surface area contributed by atoms with Crippen molar-refractivity contribution in [1.82, 2.24) is 15.1 Å². The van der Waals surface area contributed by atoms with Gasteiger partial charge in [-0.2, -0.15) is 5.10 Å². The van der Waals surface area contributed by atoms with Gasteiger partial charge < -0.3 is 10.2 Å². The number of hydrogen-bond acceptors (Lipinski definition) is 5. The summed E-state index contributed by atoms with van der Waals surface area (Å²) in [5.74, 6) is -0.127. The van der Waals surface area contributed by atoms with Gasteiger partial charge in [-0.15, -0.1) is 11.3 Å². The molecule has 8 heteroatoms. The molecule has 0 fully saturated rings. The predicted octanol–water partition coefficient (Wildman–Crippen LogP) is 4.04. The minimum Gasteiger partial charge on any atom is -0.382 e. The van der Waals surface area contributed by atoms with Gasteiger partial charge in [0.2, 0.25) is 6.10 Å². The van der Waals surface area contributed by atoms with E-state index in [1.54, 1.807) is 0 Å². The van der Waals surface area contributed by atoms with Crippen molar-refractivity contribution in [2.45, 2.75) is 64.1 Å². The summed E-state index contributed by atoms with van der Waals surface area (Å²) in [6, 6.07) is 3.71. The number of amides is 1. The number of nitrogens with one attached hydrogen (secondary N) is 1. The van der Waals surface area contributed by atoms with Crippen molar-refractivity contribution in [3.63, 3.8) is 0 Å². The van der Waals surface area contributed by atoms with Crippen LogP contribution in [0.2, 0.25) is 4.34 Å². The molecule has 2 aliphatic rings. The SMILES string of the molecule is CC(C)(C)n1ncc2c1CCCC2NC(=O)C1CC(c2ccc(Cl)s2)=NO1. The van der Waals surface area contributed by atoms with Gasteiger partial charge in [-0.3, -0.25) is 9.48 Å². The zero-order valence-electron chi connectivity index (χ0n) is 15.7. The molecule has 2 atom stereocenters. The second-order valence-electron chi connectivity index (χ2n) is 8.02. The van der Waals surface area contributed by atoms with Crippen LogP contribution in [0, 0.1) is 0 Å². The van der Waals surface area contributed by atoms with Crippen molar-refractivity contribution < 1.29 is 9.63 Å². The van der Waals surface area contributed by atoms with Gasteiger partial charge >= 0.3 is 0 Å². The molecule has 6 nitrogen and oxygen atoms in total. The van der Waals surface area contributed by atoms with Crippen LogP contribution in [0.3, 0.4) is 0 Å². The molecule has 2 aromatic heterocycles. The van der Waals surface area contributed by atoms with Crippen molar-refractivity contribution in [3.8, 4) is 0 Å². The third-order valence-electron chi connectivity index (χ3n) is 4.95. The van der Waals surface area contributed by atoms with Crippen LogP contribution in [0.1, 0.15) is 62.2 Å². The van der Waals surface area contributed by atoms with Gasteiger partial charge in [-0.05, 0) is 52.2 Å². The standard InChI is InChI=1S/C19H23ClN4O2S/c1-19(2,3)24-14-6-4-5-12(11(14)10-21-24)22-18(25)15-9-13(23-26-15)16-7-8-17(20)27-16/h7-8,10,12,15H,4-6,9H2,1-3H3,(H,22,25). The first-order valence-corrected chi connectivity index (χ1v) is 10.4. The summed E-state index contributed by atoms with van der Waals surface area (Å²) < 4.78 is 2.78. The van der Waals surface area contributed by atoms with E-state index in [2.05, 4.69) is 41.0 Å². The Hall–Kier alpha value is -1.86. The third kappa shape index (κ3) is 3.62. The molecule has 1 amide bonds. The maximum absolute atomic E-state index is 12.7. The Morgan fingerprint density at radius 2 is 2.22 bits per heavy atom. The number of halogens is 1. The highest BCUT2D eigenvalue weighted by molar-refractivity contribution is 7.18. The van der Waals surface area contributed by atoms with Crippen LogP contribution in [0.25, 0.3) is 0 Å². The van der Waals surface area contributed by atoms with Crippen LogP contribution in [0.4, 0.5) is 0 Å². The van der Waals surface area contributed by atoms with Gasteiger partial charge in [0.25, 0.3) is 5.91 Å². The first-order chi connectivity index (χ1) is 12.8. The van der Waals surface area contributed by atoms with E-state index in [-0.39, 0.29) is 17.5 Å². The minimum atomic E-state index is -0.594. The van der Waals surface area contributed by atoms with E-state index in [4.69, 9.17) is 16.4 Å². The molecule has 144 valence electrons. The quantitative estimate of drug-likeness (QED) is 0.836. The molecule has 27 heavy (non-hydrogen) atoms. The molecular formula is C19H23ClN4O2S. The van der Waals surface area contributed by atoms with Crippen LogP contribution >= 0.6 is 22.9 Å². The smallest absolute Gasteiger partial charge is 0.264 e. The minimum absolute atomic E-state index is 0.0267. The molecule has 0 aromatic carbocycles. The van der Waals surface area contributed by atoms with Crippen LogP contribution in [0.15, 0.2) is 23.5 Å². The fraction of sp³-hybridized carbons (Fsp3) is 0.526. The molecule has 3 heterocycles. The lowest BCUT2D eigenvalue weighted by atomic mass is 9.92. The van der Waals surface area contributed by atoms with E-state index in [0.29, 0.717) is 10.8 Å². The molecule has 2 unspecified atom stereocenters. The summed E-state index contributed by atoms with van der Waals surface area (Å²) in [7, 11) is 0. The Kier molecular flexibility index (Phi) is 4.76. The molecule has 0 spiro atoms. The van der Waals surface area contributed by atoms with E-state index in [1.165, 1.54) is 17.0 Å². The topological polar surface area (TPSA) is 68.5 Å². The molecule has 1 aliphatic heterocycles. The Bertz CT molecular complexity index is 896. The number of fused-ring (bicyclic) bond motifs is 1. The van der Waals surface area contributed by atoms with E-state index < -0.39 is 6.10 Å². The summed E-state index contributed by atoms with van der Waals surface area (Å²) in [4.78, 5) is 19.1. The molecule has 0 radical (unpaired) electrons. The fourth-order valence-corrected chi connectivity index (χ4v) is 4.72. The number of nitrogens with zero attached hydrogens (tertiary/aromatic N) is 3. The van der Waals surface area contributed by atoms with Gasteiger partial charge in [-0.1, -0.05) is 16.8 Å². The van der Waals surface area contributed by atoms with Crippen molar-refractivity contribution in [2.24, 2.45) is 5.16 Å². The maximum atomic E-state index is 12.7. The van der Waals surface area contributed by atoms with E-state index >= 15 is 0 Å². The number of aromatic nitrogens is 2. The third-order valence-corrected chi connectivity index (χ3v) is 6.23. The molecule has 0 bridgehead atoms. The Labute approximate surface area is 167 Å². The van der Waals surface area contributed by atoms with E-state index in [9.17, 15) is 4.79 Å². The number of carbonyl (C=O) groups excluding carboxylic acids is 1. The van der Waals surface area contributed by atoms with Gasteiger partial charge in [-0.25, -0.2) is 0 Å². The Morgan fingerprint density at radius 3 is 2.93 bits per heavy atom. The van der Waals surface area contributed by atoms with Gasteiger partial charge in [0.15, 0.2) is 0 Å². The van der Waals surface area contributed by atoms with Crippen molar-refractivity contribution >= 4 is 34.6 Å². The van der Waals surface area contributed by atoms with Gasteiger partial charge in [0.05, 0.1) is 27.0 Å². The Morgan fingerprint density at radius 1 is 1.41 bits per heavy atom. The lowest BCUT2D eigenvalue weighted by Gasteiger charge is -2.28. The highest BCUT2D eigenvalue weighted by atomic mass is 35.5. The largest absolute Gasteiger partial charge is 0.382 e. The summed E-state index contributed by atoms with van der Waals surface area (Å²) in [6.07, 6.45) is 4.70. The molecule has 4 rings (SSSR count). The molecule has 0 saturated carbocycles. The molecule has 1 aliphatic carbocycles. The molecule has 0 saturated heterocycles. The number of carbonyl (C=O) groups is 1. The number of rotatable bonds is 3. The van der Waals surface area contributed by atoms with Crippen molar-refractivity contribution in [3.05, 3.63) is 38.8 Å². The average molecular weight is 407 g/mol. The first-order valence-electron chi connectivity index (χ1n) is 9.19. The van der Waals surface area contributed by atoms with Crippen LogP contribution in [0.5, 0.6) is 0 Å². The molecular weight excluding hydrogens is 384 g/mol. The zero-order chi connectivity index (χ0) is 19.2. The van der Waals surface area contributed by atoms with Crippen molar-refractivity contribution in [1.29, 1.82) is 0 Å². The van der Waals surface area contributed by atoms with E-state index in [0.717, 1.165) is 35.4 Å². The van der Waals surface area contributed by atoms with Crippen LogP contribution in [-0.4, -0.2) is 27.5 Å². The Balaban J connectivity index is 1.44. The highest BCUT2D eigenvalue weighted by Crippen LogP contribution is 2.33. The second kappa shape index (κ2) is 6.95. The number of oxime groups is 1. The summed E-state index contributed by atoms with van der Waals surface area (Å²) >= 11 is 7.43. The zero-order valence-corrected chi connectivity index (χ0v) is 17.2. The van der Waals surface area contributed by atoms with Gasteiger partial charge in [0.1, 0.15) is 5.71 Å². The molecule has 1 N–H and O–H groups in total. The van der Waals surface area contributed by atoms with E-state index in [1.807, 2.05) is 18.3 Å². The van der Waals surface area contributed by atoms with Gasteiger partial charge in [0, 0.05) is 17.7 Å². The lowest BCUT2D eigenvalue weighted by Crippen LogP contribution is -2.38. The number of hydrogen-bond donors (Lipinski definition) is 1. The van der Waals surface area contributed by atoms with Crippen molar-refractivity contribution in [2.75, 3.05) is 0 Å². The molecule has 2 aromatic rings. The highest BCUT2D eigenvalue weighted by Gasteiger charge is 2.34. The second-order valence-corrected chi connectivity index (χ2v) is 9.74.